The van der Waals surface area contributed by atoms with Crippen molar-refractivity contribution in [2.75, 3.05) is 0 Å². The van der Waals surface area contributed by atoms with Crippen LogP contribution in [0, 0.1) is 57.7 Å². The molecule has 4 saturated carbocycles. The van der Waals surface area contributed by atoms with E-state index in [9.17, 15) is 4.79 Å². The molecule has 0 radical (unpaired) electrons. The summed E-state index contributed by atoms with van der Waals surface area (Å²) in [7, 11) is 0. The lowest BCUT2D eigenvalue weighted by atomic mass is 9.41. The van der Waals surface area contributed by atoms with E-state index in [1.54, 1.807) is 6.92 Å². The molecule has 2 heteroatoms. The molecule has 0 amide bonds. The van der Waals surface area contributed by atoms with Gasteiger partial charge in [-0.25, -0.2) is 0 Å². The third-order valence-corrected chi connectivity index (χ3v) is 11.8. The second-order valence-corrected chi connectivity index (χ2v) is 14.7. The molecule has 0 bridgehead atoms. The normalized spacial score (nSPS) is 45.1. The van der Waals surface area contributed by atoms with Crippen LogP contribution in [0.3, 0.4) is 0 Å². The van der Waals surface area contributed by atoms with E-state index in [1.165, 1.54) is 57.8 Å². The van der Waals surface area contributed by atoms with Gasteiger partial charge in [-0.05, 0) is 109 Å². The number of carbonyl (C=O) groups excluding carboxylic acids is 1. The van der Waals surface area contributed by atoms with Crippen molar-refractivity contribution in [1.29, 1.82) is 0 Å². The molecule has 0 aromatic carbocycles. The van der Waals surface area contributed by atoms with Crippen molar-refractivity contribution in [2.24, 2.45) is 57.7 Å². The minimum absolute atomic E-state index is 0.0912. The van der Waals surface area contributed by atoms with Crippen LogP contribution in [0.25, 0.3) is 0 Å². The lowest BCUT2D eigenvalue weighted by molar-refractivity contribution is -0.185. The van der Waals surface area contributed by atoms with Crippen LogP contribution in [0.1, 0.15) is 126 Å². The first-order valence-corrected chi connectivity index (χ1v) is 14.6. The van der Waals surface area contributed by atoms with Crippen LogP contribution in [0.4, 0.5) is 0 Å². The fourth-order valence-electron chi connectivity index (χ4n) is 10.7. The summed E-state index contributed by atoms with van der Waals surface area (Å²) in [5, 5.41) is 0. The van der Waals surface area contributed by atoms with Crippen LogP contribution in [-0.4, -0.2) is 12.1 Å². The minimum Gasteiger partial charge on any atom is -0.463 e. The predicted octanol–water partition coefficient (Wildman–Crippen LogP) is 8.68. The largest absolute Gasteiger partial charge is 0.463 e. The van der Waals surface area contributed by atoms with Crippen molar-refractivity contribution in [3.8, 4) is 0 Å². The van der Waals surface area contributed by atoms with Crippen molar-refractivity contribution >= 4 is 5.97 Å². The summed E-state index contributed by atoms with van der Waals surface area (Å²) in [5.74, 6) is 5.96. The molecule has 33 heavy (non-hydrogen) atoms. The smallest absolute Gasteiger partial charge is 0.302 e. The molecule has 4 aliphatic rings. The monoisotopic (exact) mass is 458 g/mol. The molecule has 0 heterocycles. The first-order chi connectivity index (χ1) is 15.4. The number of rotatable bonds is 6. The summed E-state index contributed by atoms with van der Waals surface area (Å²) in [4.78, 5) is 11.9. The summed E-state index contributed by atoms with van der Waals surface area (Å²) >= 11 is 0. The summed E-state index contributed by atoms with van der Waals surface area (Å²) in [5.41, 5.74) is 1.15. The highest BCUT2D eigenvalue weighted by Gasteiger charge is 2.63. The van der Waals surface area contributed by atoms with Gasteiger partial charge in [-0.1, -0.05) is 67.7 Å². The van der Waals surface area contributed by atoms with Crippen LogP contribution in [0.15, 0.2) is 0 Å². The molecule has 9 atom stereocenters. The van der Waals surface area contributed by atoms with Crippen LogP contribution in [-0.2, 0) is 9.53 Å². The SMILES string of the molecule is CC(=O)O[C@H]1CC(C)(C)[C@@H]2CC[C@H]3[C@@H]4CC[C@H]([C@H](C)CCCC(C)C)[C@@]4(C)CC[C@@H]3[C@@]2(C)C1. The number of carbonyl (C=O) groups is 1. The van der Waals surface area contributed by atoms with Gasteiger partial charge in [0.25, 0.3) is 0 Å². The molecule has 4 fully saturated rings. The highest BCUT2D eigenvalue weighted by atomic mass is 16.5. The molecule has 0 unspecified atom stereocenters. The number of hydrogen-bond donors (Lipinski definition) is 0. The van der Waals surface area contributed by atoms with Crippen molar-refractivity contribution in [2.45, 2.75) is 132 Å². The van der Waals surface area contributed by atoms with Crippen molar-refractivity contribution in [3.05, 3.63) is 0 Å². The Morgan fingerprint density at radius 2 is 1.58 bits per heavy atom. The molecule has 0 saturated heterocycles. The zero-order chi connectivity index (χ0) is 24.2. The van der Waals surface area contributed by atoms with Gasteiger partial charge in [-0.3, -0.25) is 4.79 Å². The van der Waals surface area contributed by atoms with Crippen LogP contribution in [0.2, 0.25) is 0 Å². The van der Waals surface area contributed by atoms with Crippen molar-refractivity contribution in [3.63, 3.8) is 0 Å². The fraction of sp³-hybridized carbons (Fsp3) is 0.968. The molecular formula is C31H54O2. The molecule has 0 aromatic heterocycles. The highest BCUT2D eigenvalue weighted by Crippen LogP contribution is 2.70. The average Bonchev–Trinajstić information content (AvgIpc) is 3.03. The topological polar surface area (TPSA) is 26.3 Å². The molecule has 0 spiro atoms. The fourth-order valence-corrected chi connectivity index (χ4v) is 10.7. The molecular weight excluding hydrogens is 404 g/mol. The van der Waals surface area contributed by atoms with E-state index in [0.717, 1.165) is 54.3 Å². The van der Waals surface area contributed by atoms with Gasteiger partial charge in [-0.2, -0.15) is 0 Å². The third-order valence-electron chi connectivity index (χ3n) is 11.8. The Labute approximate surface area is 205 Å². The predicted molar refractivity (Wildman–Crippen MR) is 138 cm³/mol. The van der Waals surface area contributed by atoms with Crippen molar-refractivity contribution < 1.29 is 9.53 Å². The first-order valence-electron chi connectivity index (χ1n) is 14.6. The highest BCUT2D eigenvalue weighted by molar-refractivity contribution is 5.66. The first kappa shape index (κ1) is 25.6. The van der Waals surface area contributed by atoms with Crippen LogP contribution >= 0.6 is 0 Å². The lowest BCUT2D eigenvalue weighted by Crippen LogP contribution is -2.58. The van der Waals surface area contributed by atoms with E-state index in [-0.39, 0.29) is 17.5 Å². The van der Waals surface area contributed by atoms with E-state index < -0.39 is 0 Å². The Bertz CT molecular complexity index is 710. The van der Waals surface area contributed by atoms with Gasteiger partial charge in [0.1, 0.15) is 6.10 Å². The van der Waals surface area contributed by atoms with Gasteiger partial charge in [0, 0.05) is 6.92 Å². The molecule has 0 N–H and O–H groups in total. The Morgan fingerprint density at radius 3 is 2.24 bits per heavy atom. The Morgan fingerprint density at radius 1 is 0.879 bits per heavy atom. The van der Waals surface area contributed by atoms with Gasteiger partial charge < -0.3 is 4.74 Å². The van der Waals surface area contributed by atoms with E-state index in [0.29, 0.717) is 10.8 Å². The maximum absolute atomic E-state index is 11.9. The summed E-state index contributed by atoms with van der Waals surface area (Å²) in [6.45, 7) is 19.1. The molecule has 0 aliphatic heterocycles. The van der Waals surface area contributed by atoms with E-state index >= 15 is 0 Å². The van der Waals surface area contributed by atoms with E-state index in [2.05, 4.69) is 48.5 Å². The number of fused-ring (bicyclic) bond motifs is 5. The van der Waals surface area contributed by atoms with Gasteiger partial charge in [0.15, 0.2) is 0 Å². The van der Waals surface area contributed by atoms with E-state index in [4.69, 9.17) is 4.74 Å². The number of hydrogen-bond acceptors (Lipinski definition) is 2. The summed E-state index contributed by atoms with van der Waals surface area (Å²) in [6.07, 6.45) is 15.1. The molecule has 4 rings (SSSR count). The van der Waals surface area contributed by atoms with Gasteiger partial charge in [0.2, 0.25) is 0 Å². The second-order valence-electron chi connectivity index (χ2n) is 14.7. The summed E-state index contributed by atoms with van der Waals surface area (Å²) in [6, 6.07) is 0. The average molecular weight is 459 g/mol. The Kier molecular flexibility index (Phi) is 7.10. The molecule has 4 aliphatic carbocycles. The summed E-state index contributed by atoms with van der Waals surface area (Å²) < 4.78 is 5.89. The quantitative estimate of drug-likeness (QED) is 0.372. The van der Waals surface area contributed by atoms with Crippen LogP contribution in [0.5, 0.6) is 0 Å². The van der Waals surface area contributed by atoms with Gasteiger partial charge >= 0.3 is 5.97 Å². The number of ether oxygens (including phenoxy) is 1. The molecule has 2 nitrogen and oxygen atoms in total. The van der Waals surface area contributed by atoms with Crippen molar-refractivity contribution in [1.82, 2.24) is 0 Å². The van der Waals surface area contributed by atoms with Gasteiger partial charge in [0.05, 0.1) is 0 Å². The maximum Gasteiger partial charge on any atom is 0.302 e. The second kappa shape index (κ2) is 9.16. The van der Waals surface area contributed by atoms with Gasteiger partial charge in [-0.15, -0.1) is 0 Å². The third kappa shape index (κ3) is 4.55. The van der Waals surface area contributed by atoms with E-state index in [1.807, 2.05) is 0 Å². The zero-order valence-electron chi connectivity index (χ0n) is 23.2. The lowest BCUT2D eigenvalue weighted by Gasteiger charge is -2.64. The maximum atomic E-state index is 11.9. The standard InChI is InChI=1S/C31H54O2/c1-20(2)10-9-11-21(3)25-13-14-26-24-12-15-28-29(5,6)18-23(33-22(4)32)19-31(28,8)27(24)16-17-30(25,26)7/h20-21,23-28H,9-19H2,1-8H3/t21-,23+,24+,25-,26+,27+,28+,30-,31-/m1/s1. The Hall–Kier alpha value is -0.530. The minimum atomic E-state index is -0.0912. The molecule has 190 valence electrons. The number of esters is 1. The zero-order valence-corrected chi connectivity index (χ0v) is 23.2. The van der Waals surface area contributed by atoms with Crippen LogP contribution < -0.4 is 0 Å². The molecule has 0 aromatic rings. The Balaban J connectivity index is 1.52.